The zero-order valence-corrected chi connectivity index (χ0v) is 7.70. The summed E-state index contributed by atoms with van der Waals surface area (Å²) in [7, 11) is 1.41. The lowest BCUT2D eigenvalue weighted by atomic mass is 10.4. The molecule has 0 rings (SSSR count). The summed E-state index contributed by atoms with van der Waals surface area (Å²) in [6, 6.07) is 0. The van der Waals surface area contributed by atoms with E-state index in [1.807, 2.05) is 13.8 Å². The average Bonchev–Trinajstić information content (AvgIpc) is 2.16. The van der Waals surface area contributed by atoms with E-state index in [2.05, 4.69) is 10.1 Å². The minimum absolute atomic E-state index is 0.184. The molecule has 0 aliphatic carbocycles. The van der Waals surface area contributed by atoms with E-state index < -0.39 is 18.8 Å². The third-order valence-electron chi connectivity index (χ3n) is 0.822. The van der Waals surface area contributed by atoms with Gasteiger partial charge in [-0.1, -0.05) is 13.8 Å². The summed E-state index contributed by atoms with van der Waals surface area (Å²) in [6.45, 7) is 3.41. The number of hydrogen-bond donors (Lipinski definition) is 3. The Bertz CT molecular complexity index is 108. The second-order valence-corrected chi connectivity index (χ2v) is 1.68. The molecule has 1 amide bonds. The van der Waals surface area contributed by atoms with Gasteiger partial charge < -0.3 is 20.3 Å². The minimum Gasteiger partial charge on any atom is -0.447 e. The predicted molar refractivity (Wildman–Crippen MR) is 44.8 cm³/mol. The van der Waals surface area contributed by atoms with Crippen LogP contribution in [0.5, 0.6) is 0 Å². The topological polar surface area (TPSA) is 78.8 Å². The minimum atomic E-state index is -0.989. The van der Waals surface area contributed by atoms with E-state index in [4.69, 9.17) is 10.2 Å². The highest BCUT2D eigenvalue weighted by molar-refractivity contribution is 5.66. The van der Waals surface area contributed by atoms with Crippen molar-refractivity contribution in [1.29, 1.82) is 0 Å². The first-order chi connectivity index (χ1) is 5.70. The molecule has 0 radical (unpaired) electrons. The highest BCUT2D eigenvalue weighted by Crippen LogP contribution is 1.83. The molecular formula is C7H17NO4. The van der Waals surface area contributed by atoms with E-state index in [0.717, 1.165) is 0 Å². The number of hydrogen-bond acceptors (Lipinski definition) is 4. The molecule has 3 N–H and O–H groups in total. The van der Waals surface area contributed by atoms with Crippen LogP contribution in [0.15, 0.2) is 0 Å². The Morgan fingerprint density at radius 2 is 2.08 bits per heavy atom. The largest absolute Gasteiger partial charge is 0.447 e. The van der Waals surface area contributed by atoms with Crippen LogP contribution in [0, 0.1) is 0 Å². The molecule has 0 aliphatic heterocycles. The molecule has 12 heavy (non-hydrogen) atoms. The summed E-state index contributed by atoms with van der Waals surface area (Å²) < 4.78 is 4.38. The molecule has 1 atom stereocenters. The van der Waals surface area contributed by atoms with Crippen molar-refractivity contribution in [3.05, 3.63) is 0 Å². The van der Waals surface area contributed by atoms with E-state index in [1.165, 1.54) is 7.05 Å². The zero-order valence-electron chi connectivity index (χ0n) is 7.70. The van der Waals surface area contributed by atoms with E-state index >= 15 is 0 Å². The summed E-state index contributed by atoms with van der Waals surface area (Å²) in [5, 5.41) is 19.1. The Balaban J connectivity index is 0. The lowest BCUT2D eigenvalue weighted by Crippen LogP contribution is -2.26. The summed E-state index contributed by atoms with van der Waals surface area (Å²) in [6.07, 6.45) is -1.61. The fraction of sp³-hybridized carbons (Fsp3) is 0.857. The first-order valence-corrected chi connectivity index (χ1v) is 3.84. The maximum absolute atomic E-state index is 10.3. The van der Waals surface area contributed by atoms with Gasteiger partial charge >= 0.3 is 6.09 Å². The van der Waals surface area contributed by atoms with Gasteiger partial charge in [0.25, 0.3) is 0 Å². The molecule has 0 spiro atoms. The monoisotopic (exact) mass is 179 g/mol. The number of alkyl carbamates (subject to hydrolysis) is 1. The van der Waals surface area contributed by atoms with E-state index in [-0.39, 0.29) is 6.61 Å². The molecule has 0 aromatic carbocycles. The van der Waals surface area contributed by atoms with Crippen molar-refractivity contribution in [3.8, 4) is 0 Å². The summed E-state index contributed by atoms with van der Waals surface area (Å²) in [4.78, 5) is 10.3. The number of ether oxygens (including phenoxy) is 1. The number of aliphatic hydroxyl groups is 2. The molecule has 0 fully saturated rings. The van der Waals surface area contributed by atoms with Gasteiger partial charge in [-0.25, -0.2) is 4.79 Å². The third-order valence-corrected chi connectivity index (χ3v) is 0.822. The standard InChI is InChI=1S/C5H11NO4.C2H6/c1-6-5(9)10-3-4(8)2-7;1-2/h4,7-8H,2-3H2,1H3,(H,6,9);1-2H3. The van der Waals surface area contributed by atoms with Crippen molar-refractivity contribution in [2.45, 2.75) is 20.0 Å². The lowest BCUT2D eigenvalue weighted by molar-refractivity contribution is 0.0327. The van der Waals surface area contributed by atoms with Crippen molar-refractivity contribution in [2.75, 3.05) is 20.3 Å². The molecule has 5 heteroatoms. The first-order valence-electron chi connectivity index (χ1n) is 3.84. The Labute approximate surface area is 72.3 Å². The van der Waals surface area contributed by atoms with Crippen molar-refractivity contribution in [3.63, 3.8) is 0 Å². The lowest BCUT2D eigenvalue weighted by Gasteiger charge is -2.06. The Morgan fingerprint density at radius 1 is 1.58 bits per heavy atom. The van der Waals surface area contributed by atoms with Crippen LogP contribution in [-0.2, 0) is 4.74 Å². The van der Waals surface area contributed by atoms with Crippen molar-refractivity contribution >= 4 is 6.09 Å². The van der Waals surface area contributed by atoms with Crippen molar-refractivity contribution < 1.29 is 19.7 Å². The molecule has 0 saturated heterocycles. The van der Waals surface area contributed by atoms with Gasteiger partial charge in [-0.05, 0) is 0 Å². The van der Waals surface area contributed by atoms with Crippen LogP contribution in [0.3, 0.4) is 0 Å². The maximum Gasteiger partial charge on any atom is 0.406 e. The van der Waals surface area contributed by atoms with Gasteiger partial charge in [-0.15, -0.1) is 0 Å². The van der Waals surface area contributed by atoms with Gasteiger partial charge in [-0.3, -0.25) is 0 Å². The molecule has 1 unspecified atom stereocenters. The van der Waals surface area contributed by atoms with Gasteiger partial charge in [0.05, 0.1) is 6.61 Å². The molecule has 0 saturated carbocycles. The number of rotatable bonds is 3. The van der Waals surface area contributed by atoms with Crippen LogP contribution in [-0.4, -0.2) is 42.7 Å². The Kier molecular flexibility index (Phi) is 11.7. The van der Waals surface area contributed by atoms with Crippen LogP contribution < -0.4 is 5.32 Å². The Hall–Kier alpha value is -0.810. The molecule has 74 valence electrons. The number of aliphatic hydroxyl groups excluding tert-OH is 2. The first kappa shape index (κ1) is 13.8. The molecule has 0 aliphatic rings. The quantitative estimate of drug-likeness (QED) is 0.557. The average molecular weight is 179 g/mol. The molecular weight excluding hydrogens is 162 g/mol. The molecule has 0 bridgehead atoms. The van der Waals surface area contributed by atoms with Crippen molar-refractivity contribution in [1.82, 2.24) is 5.32 Å². The fourth-order valence-corrected chi connectivity index (χ4v) is 0.297. The van der Waals surface area contributed by atoms with Crippen LogP contribution in [0.1, 0.15) is 13.8 Å². The van der Waals surface area contributed by atoms with Crippen LogP contribution in [0.2, 0.25) is 0 Å². The van der Waals surface area contributed by atoms with E-state index in [0.29, 0.717) is 0 Å². The van der Waals surface area contributed by atoms with Gasteiger partial charge in [0.2, 0.25) is 0 Å². The summed E-state index contributed by atoms with van der Waals surface area (Å²) in [5.74, 6) is 0. The smallest absolute Gasteiger partial charge is 0.406 e. The summed E-state index contributed by atoms with van der Waals surface area (Å²) in [5.41, 5.74) is 0. The highest BCUT2D eigenvalue weighted by Gasteiger charge is 2.04. The van der Waals surface area contributed by atoms with E-state index in [9.17, 15) is 4.79 Å². The van der Waals surface area contributed by atoms with Crippen LogP contribution >= 0.6 is 0 Å². The van der Waals surface area contributed by atoms with Crippen molar-refractivity contribution in [2.24, 2.45) is 0 Å². The number of carbonyl (C=O) groups excluding carboxylic acids is 1. The normalized spacial score (nSPS) is 10.8. The number of amides is 1. The summed E-state index contributed by atoms with van der Waals surface area (Å²) >= 11 is 0. The maximum atomic E-state index is 10.3. The second kappa shape index (κ2) is 10.2. The highest BCUT2D eigenvalue weighted by atomic mass is 16.6. The van der Waals surface area contributed by atoms with Crippen LogP contribution in [0.4, 0.5) is 4.79 Å². The molecule has 0 heterocycles. The van der Waals surface area contributed by atoms with Gasteiger partial charge in [0.15, 0.2) is 0 Å². The van der Waals surface area contributed by atoms with Crippen LogP contribution in [0.25, 0.3) is 0 Å². The van der Waals surface area contributed by atoms with Gasteiger partial charge in [0, 0.05) is 7.05 Å². The fourth-order valence-electron chi connectivity index (χ4n) is 0.297. The zero-order chi connectivity index (χ0) is 9.98. The second-order valence-electron chi connectivity index (χ2n) is 1.68. The van der Waals surface area contributed by atoms with Gasteiger partial charge in [0.1, 0.15) is 12.7 Å². The SMILES string of the molecule is CC.CNC(=O)OCC(O)CO. The molecule has 0 aromatic heterocycles. The molecule has 0 aromatic rings. The Morgan fingerprint density at radius 3 is 2.42 bits per heavy atom. The number of carbonyl (C=O) groups is 1. The van der Waals surface area contributed by atoms with Gasteiger partial charge in [-0.2, -0.15) is 0 Å². The number of nitrogens with one attached hydrogen (secondary N) is 1. The predicted octanol–water partition coefficient (Wildman–Crippen LogP) is -0.278. The molecule has 5 nitrogen and oxygen atoms in total. The third kappa shape index (κ3) is 9.19. The van der Waals surface area contributed by atoms with E-state index in [1.54, 1.807) is 0 Å².